The number of aromatic nitrogens is 1. The van der Waals surface area contributed by atoms with E-state index in [2.05, 4.69) is 5.32 Å². The van der Waals surface area contributed by atoms with Gasteiger partial charge in [-0.2, -0.15) is 0 Å². The number of carbonyl (C=O) groups is 1. The molecule has 102 valence electrons. The number of nitrogens with one attached hydrogen (secondary N) is 1. The zero-order valence-corrected chi connectivity index (χ0v) is 12.5. The van der Waals surface area contributed by atoms with Crippen molar-refractivity contribution < 1.29 is 9.00 Å². The second-order valence-corrected chi connectivity index (χ2v) is 6.99. The minimum absolute atomic E-state index is 0.112. The quantitative estimate of drug-likeness (QED) is 0.917. The molecule has 0 spiro atoms. The van der Waals surface area contributed by atoms with Crippen molar-refractivity contribution in [3.05, 3.63) is 41.0 Å². The summed E-state index contributed by atoms with van der Waals surface area (Å²) in [7, 11) is -0.885. The number of nitrogens with zero attached hydrogens (tertiary/aromatic N) is 1. The van der Waals surface area contributed by atoms with Crippen LogP contribution in [0.25, 0.3) is 5.00 Å². The lowest BCUT2D eigenvalue weighted by Crippen LogP contribution is -2.27. The number of rotatable bonds is 5. The fourth-order valence-corrected chi connectivity index (χ4v) is 3.09. The van der Waals surface area contributed by atoms with E-state index in [0.29, 0.717) is 17.9 Å². The molecule has 2 aromatic heterocycles. The van der Waals surface area contributed by atoms with Crippen LogP contribution >= 0.6 is 11.3 Å². The Morgan fingerprint density at radius 3 is 2.74 bits per heavy atom. The van der Waals surface area contributed by atoms with Gasteiger partial charge < -0.3 is 9.88 Å². The highest BCUT2D eigenvalue weighted by atomic mass is 32.2. The average molecular weight is 296 g/mol. The van der Waals surface area contributed by atoms with Crippen LogP contribution in [0.4, 0.5) is 0 Å². The van der Waals surface area contributed by atoms with Gasteiger partial charge in [-0.25, -0.2) is 0 Å². The summed E-state index contributed by atoms with van der Waals surface area (Å²) >= 11 is 1.58. The molecule has 1 N–H and O–H groups in total. The van der Waals surface area contributed by atoms with Gasteiger partial charge in [-0.1, -0.05) is 0 Å². The fourth-order valence-electron chi connectivity index (χ4n) is 1.73. The van der Waals surface area contributed by atoms with E-state index < -0.39 is 10.8 Å². The number of hydrogen-bond acceptors (Lipinski definition) is 3. The normalized spacial score (nSPS) is 12.3. The molecule has 0 aliphatic carbocycles. The number of thiophene rings is 1. The maximum absolute atomic E-state index is 12.1. The van der Waals surface area contributed by atoms with E-state index in [1.807, 2.05) is 42.1 Å². The average Bonchev–Trinajstić information content (AvgIpc) is 2.96. The van der Waals surface area contributed by atoms with Crippen molar-refractivity contribution >= 4 is 28.0 Å². The van der Waals surface area contributed by atoms with Gasteiger partial charge in [0.15, 0.2) is 0 Å². The molecule has 6 heteroatoms. The molecule has 4 nitrogen and oxygen atoms in total. The smallest absolute Gasteiger partial charge is 0.254 e. The van der Waals surface area contributed by atoms with Gasteiger partial charge in [-0.3, -0.25) is 9.00 Å². The number of aryl methyl sites for hydroxylation is 1. The molecule has 0 bridgehead atoms. The third kappa shape index (κ3) is 3.54. The standard InChI is InChI=1S/C13H16N2O2S2/c1-10-9-11(12(16)14-5-8-19(2)17)13(18-10)15-6-3-4-7-15/h3-4,6-7,9H,5,8H2,1-2H3,(H,14,16)/t19-/m1/s1. The van der Waals surface area contributed by atoms with E-state index in [-0.39, 0.29) is 5.91 Å². The van der Waals surface area contributed by atoms with Gasteiger partial charge in [0, 0.05) is 46.6 Å². The van der Waals surface area contributed by atoms with Crippen molar-refractivity contribution in [2.45, 2.75) is 6.92 Å². The number of amides is 1. The Morgan fingerprint density at radius 1 is 1.42 bits per heavy atom. The van der Waals surface area contributed by atoms with Gasteiger partial charge >= 0.3 is 0 Å². The molecule has 0 aromatic carbocycles. The molecule has 0 aliphatic rings. The molecule has 1 amide bonds. The van der Waals surface area contributed by atoms with Crippen LogP contribution in [0.5, 0.6) is 0 Å². The molecule has 19 heavy (non-hydrogen) atoms. The monoisotopic (exact) mass is 296 g/mol. The summed E-state index contributed by atoms with van der Waals surface area (Å²) < 4.78 is 12.9. The van der Waals surface area contributed by atoms with Crippen LogP contribution in [-0.2, 0) is 10.8 Å². The summed E-state index contributed by atoms with van der Waals surface area (Å²) in [5.41, 5.74) is 0.667. The van der Waals surface area contributed by atoms with Crippen LogP contribution in [0.1, 0.15) is 15.2 Å². The van der Waals surface area contributed by atoms with Crippen LogP contribution in [0.2, 0.25) is 0 Å². The lowest BCUT2D eigenvalue weighted by atomic mass is 10.2. The lowest BCUT2D eigenvalue weighted by Gasteiger charge is -2.06. The van der Waals surface area contributed by atoms with Crippen molar-refractivity contribution in [1.82, 2.24) is 9.88 Å². The predicted molar refractivity (Wildman–Crippen MR) is 79.6 cm³/mol. The Hall–Kier alpha value is -1.40. The maximum atomic E-state index is 12.1. The Kier molecular flexibility index (Phi) is 4.55. The van der Waals surface area contributed by atoms with Crippen LogP contribution in [0.15, 0.2) is 30.6 Å². The zero-order chi connectivity index (χ0) is 13.8. The first-order valence-electron chi connectivity index (χ1n) is 5.90. The van der Waals surface area contributed by atoms with E-state index in [9.17, 15) is 9.00 Å². The second-order valence-electron chi connectivity index (χ2n) is 4.20. The van der Waals surface area contributed by atoms with Crippen molar-refractivity contribution in [3.63, 3.8) is 0 Å². The molecule has 0 radical (unpaired) electrons. The van der Waals surface area contributed by atoms with Gasteiger partial charge in [0.05, 0.1) is 5.56 Å². The van der Waals surface area contributed by atoms with Crippen LogP contribution in [0.3, 0.4) is 0 Å². The Bertz CT molecular complexity index is 588. The largest absolute Gasteiger partial charge is 0.351 e. The number of hydrogen-bond donors (Lipinski definition) is 1. The topological polar surface area (TPSA) is 51.1 Å². The molecule has 0 saturated carbocycles. The third-order valence-corrected chi connectivity index (χ3v) is 4.44. The molecule has 2 heterocycles. The van der Waals surface area contributed by atoms with Crippen molar-refractivity contribution in [3.8, 4) is 5.00 Å². The van der Waals surface area contributed by atoms with E-state index in [1.54, 1.807) is 17.6 Å². The summed E-state index contributed by atoms with van der Waals surface area (Å²) in [5.74, 6) is 0.367. The first kappa shape index (κ1) is 14.0. The molecular formula is C13H16N2O2S2. The summed E-state index contributed by atoms with van der Waals surface area (Å²) in [4.78, 5) is 13.2. The minimum atomic E-state index is -0.885. The summed E-state index contributed by atoms with van der Waals surface area (Å²) in [5, 5.41) is 3.72. The van der Waals surface area contributed by atoms with E-state index in [4.69, 9.17) is 0 Å². The molecule has 2 aromatic rings. The highest BCUT2D eigenvalue weighted by Crippen LogP contribution is 2.26. The van der Waals surface area contributed by atoms with E-state index in [1.165, 1.54) is 0 Å². The van der Waals surface area contributed by atoms with Crippen LogP contribution < -0.4 is 5.32 Å². The fraction of sp³-hybridized carbons (Fsp3) is 0.308. The van der Waals surface area contributed by atoms with Gasteiger partial charge in [0.2, 0.25) is 0 Å². The van der Waals surface area contributed by atoms with Gasteiger partial charge in [-0.05, 0) is 25.1 Å². The van der Waals surface area contributed by atoms with E-state index in [0.717, 1.165) is 9.88 Å². The zero-order valence-electron chi connectivity index (χ0n) is 10.9. The maximum Gasteiger partial charge on any atom is 0.254 e. The highest BCUT2D eigenvalue weighted by Gasteiger charge is 2.15. The van der Waals surface area contributed by atoms with Crippen LogP contribution in [-0.4, -0.2) is 33.2 Å². The molecule has 2 rings (SSSR count). The van der Waals surface area contributed by atoms with Crippen molar-refractivity contribution in [2.24, 2.45) is 0 Å². The van der Waals surface area contributed by atoms with Crippen molar-refractivity contribution in [1.29, 1.82) is 0 Å². The third-order valence-electron chi connectivity index (χ3n) is 2.59. The highest BCUT2D eigenvalue weighted by molar-refractivity contribution is 7.84. The molecule has 0 unspecified atom stereocenters. The predicted octanol–water partition coefficient (Wildman–Crippen LogP) is 1.96. The van der Waals surface area contributed by atoms with Gasteiger partial charge in [0.25, 0.3) is 5.91 Å². The number of carbonyl (C=O) groups excluding carboxylic acids is 1. The molecule has 0 aliphatic heterocycles. The minimum Gasteiger partial charge on any atom is -0.351 e. The van der Waals surface area contributed by atoms with Crippen molar-refractivity contribution in [2.75, 3.05) is 18.6 Å². The summed E-state index contributed by atoms with van der Waals surface area (Å²) in [6.07, 6.45) is 5.47. The Labute approximate surface area is 118 Å². The molecule has 0 saturated heterocycles. The summed E-state index contributed by atoms with van der Waals surface area (Å²) in [6, 6.07) is 5.74. The SMILES string of the molecule is Cc1cc(C(=O)NCC[S@@](C)=O)c(-n2cccc2)s1. The summed E-state index contributed by atoms with van der Waals surface area (Å²) in [6.45, 7) is 2.41. The second kappa shape index (κ2) is 6.16. The molecule has 1 atom stereocenters. The lowest BCUT2D eigenvalue weighted by molar-refractivity contribution is 0.0956. The first-order chi connectivity index (χ1) is 9.08. The first-order valence-corrected chi connectivity index (χ1v) is 8.44. The molecular weight excluding hydrogens is 280 g/mol. The van der Waals surface area contributed by atoms with Gasteiger partial charge in [0.1, 0.15) is 5.00 Å². The molecule has 0 fully saturated rings. The van der Waals surface area contributed by atoms with Crippen LogP contribution in [0, 0.1) is 6.92 Å². The van der Waals surface area contributed by atoms with E-state index >= 15 is 0 Å². The Morgan fingerprint density at radius 2 is 2.11 bits per heavy atom. The van der Waals surface area contributed by atoms with Gasteiger partial charge in [-0.15, -0.1) is 11.3 Å². The Balaban J connectivity index is 2.16.